The zero-order valence-corrected chi connectivity index (χ0v) is 17.3. The second kappa shape index (κ2) is 7.93. The highest BCUT2D eigenvalue weighted by Gasteiger charge is 2.29. The largest absolute Gasteiger partial charge is 0.419 e. The normalized spacial score (nSPS) is 11.4. The number of anilines is 2. The molecule has 0 saturated heterocycles. The molecular formula is C22H16ClFN2O3S. The third-order valence-electron chi connectivity index (χ3n) is 4.39. The van der Waals surface area contributed by atoms with Gasteiger partial charge in [0.05, 0.1) is 15.5 Å². The van der Waals surface area contributed by atoms with Gasteiger partial charge in [0.2, 0.25) is 26.6 Å². The lowest BCUT2D eigenvalue weighted by Gasteiger charge is -2.06. The lowest BCUT2D eigenvalue weighted by atomic mass is 10.2. The quantitative estimate of drug-likeness (QED) is 0.383. The fraction of sp³-hybridized carbons (Fsp3) is 0.0455. The van der Waals surface area contributed by atoms with E-state index in [1.807, 2.05) is 19.1 Å². The third kappa shape index (κ3) is 3.94. The van der Waals surface area contributed by atoms with Gasteiger partial charge >= 0.3 is 0 Å². The minimum atomic E-state index is -4.09. The maximum Gasteiger partial charge on any atom is 0.238 e. The highest BCUT2D eigenvalue weighted by molar-refractivity contribution is 7.91. The standard InChI is InChI=1S/C22H16ClFN2O3S/c1-14-6-10-16(11-7-14)25-21-22(30(27,28)17-12-8-15(24)9-13-17)26-20(29-21)18-4-2-3-5-19(18)23/h2-13,25H,1H3. The monoisotopic (exact) mass is 442 g/mol. The number of sulfone groups is 1. The lowest BCUT2D eigenvalue weighted by molar-refractivity contribution is 0.581. The summed E-state index contributed by atoms with van der Waals surface area (Å²) in [5.41, 5.74) is 2.12. The Morgan fingerprint density at radius 1 is 0.967 bits per heavy atom. The first kappa shape index (κ1) is 20.1. The van der Waals surface area contributed by atoms with Gasteiger partial charge in [-0.25, -0.2) is 12.8 Å². The molecular weight excluding hydrogens is 427 g/mol. The molecule has 1 aromatic heterocycles. The topological polar surface area (TPSA) is 72.2 Å². The average Bonchev–Trinajstić information content (AvgIpc) is 3.15. The number of hydrogen-bond acceptors (Lipinski definition) is 5. The molecule has 152 valence electrons. The third-order valence-corrected chi connectivity index (χ3v) is 6.40. The molecule has 1 heterocycles. The maximum absolute atomic E-state index is 13.3. The first-order chi connectivity index (χ1) is 14.3. The van der Waals surface area contributed by atoms with Crippen LogP contribution in [0.3, 0.4) is 0 Å². The Hall–Kier alpha value is -3.16. The van der Waals surface area contributed by atoms with Crippen LogP contribution in [0.2, 0.25) is 5.02 Å². The fourth-order valence-electron chi connectivity index (χ4n) is 2.81. The van der Waals surface area contributed by atoms with Crippen molar-refractivity contribution in [1.82, 2.24) is 4.98 Å². The number of nitrogens with zero attached hydrogens (tertiary/aromatic N) is 1. The summed E-state index contributed by atoms with van der Waals surface area (Å²) in [6.07, 6.45) is 0. The van der Waals surface area contributed by atoms with Crippen molar-refractivity contribution < 1.29 is 17.2 Å². The fourth-order valence-corrected chi connectivity index (χ4v) is 4.28. The van der Waals surface area contributed by atoms with Crippen LogP contribution in [-0.4, -0.2) is 13.4 Å². The predicted octanol–water partition coefficient (Wildman–Crippen LogP) is 6.02. The van der Waals surface area contributed by atoms with Crippen LogP contribution >= 0.6 is 11.6 Å². The number of hydrogen-bond donors (Lipinski definition) is 1. The van der Waals surface area contributed by atoms with Crippen LogP contribution in [-0.2, 0) is 9.84 Å². The highest BCUT2D eigenvalue weighted by atomic mass is 35.5. The molecule has 0 atom stereocenters. The molecule has 0 bridgehead atoms. The van der Waals surface area contributed by atoms with Crippen molar-refractivity contribution in [3.8, 4) is 11.5 Å². The number of rotatable bonds is 5. The summed E-state index contributed by atoms with van der Waals surface area (Å²) >= 11 is 6.24. The lowest BCUT2D eigenvalue weighted by Crippen LogP contribution is -2.05. The number of halogens is 2. The summed E-state index contributed by atoms with van der Waals surface area (Å²) in [7, 11) is -4.09. The van der Waals surface area contributed by atoms with Crippen LogP contribution < -0.4 is 5.32 Å². The Bertz CT molecular complexity index is 1300. The second-order valence-electron chi connectivity index (χ2n) is 6.58. The minimum absolute atomic E-state index is 0.0518. The SMILES string of the molecule is Cc1ccc(Nc2oc(-c3ccccc3Cl)nc2S(=O)(=O)c2ccc(F)cc2)cc1. The van der Waals surface area contributed by atoms with Crippen LogP contribution in [0, 0.1) is 12.7 Å². The average molecular weight is 443 g/mol. The Morgan fingerprint density at radius 2 is 1.63 bits per heavy atom. The zero-order chi connectivity index (χ0) is 21.3. The summed E-state index contributed by atoms with van der Waals surface area (Å²) < 4.78 is 45.5. The van der Waals surface area contributed by atoms with Crippen molar-refractivity contribution >= 4 is 33.0 Å². The first-order valence-corrected chi connectivity index (χ1v) is 10.8. The molecule has 0 aliphatic heterocycles. The van der Waals surface area contributed by atoms with Gasteiger partial charge in [-0.05, 0) is 55.5 Å². The van der Waals surface area contributed by atoms with Crippen molar-refractivity contribution in [2.45, 2.75) is 16.8 Å². The van der Waals surface area contributed by atoms with Gasteiger partial charge in [-0.3, -0.25) is 0 Å². The van der Waals surface area contributed by atoms with Crippen molar-refractivity contribution in [2.24, 2.45) is 0 Å². The minimum Gasteiger partial charge on any atom is -0.419 e. The van der Waals surface area contributed by atoms with Crippen LogP contribution in [0.4, 0.5) is 16.0 Å². The molecule has 0 saturated carbocycles. The summed E-state index contributed by atoms with van der Waals surface area (Å²) in [5, 5.41) is 3.02. The van der Waals surface area contributed by atoms with E-state index in [1.165, 1.54) is 12.1 Å². The second-order valence-corrected chi connectivity index (χ2v) is 8.85. The van der Waals surface area contributed by atoms with E-state index in [4.69, 9.17) is 16.0 Å². The highest BCUT2D eigenvalue weighted by Crippen LogP contribution is 2.36. The molecule has 0 spiro atoms. The van der Waals surface area contributed by atoms with E-state index in [9.17, 15) is 12.8 Å². The van der Waals surface area contributed by atoms with E-state index in [0.717, 1.165) is 17.7 Å². The Morgan fingerprint density at radius 3 is 2.30 bits per heavy atom. The van der Waals surface area contributed by atoms with Crippen LogP contribution in [0.1, 0.15) is 5.56 Å². The molecule has 0 amide bonds. The molecule has 5 nitrogen and oxygen atoms in total. The Kier molecular flexibility index (Phi) is 5.32. The molecule has 8 heteroatoms. The van der Waals surface area contributed by atoms with E-state index in [2.05, 4.69) is 10.3 Å². The van der Waals surface area contributed by atoms with Gasteiger partial charge in [0, 0.05) is 5.69 Å². The number of oxazole rings is 1. The van der Waals surface area contributed by atoms with Gasteiger partial charge in [0.1, 0.15) is 5.82 Å². The Labute approximate surface area is 178 Å². The first-order valence-electron chi connectivity index (χ1n) is 8.95. The van der Waals surface area contributed by atoms with E-state index >= 15 is 0 Å². The van der Waals surface area contributed by atoms with Gasteiger partial charge in [-0.15, -0.1) is 0 Å². The molecule has 0 fully saturated rings. The van der Waals surface area contributed by atoms with Gasteiger partial charge in [-0.2, -0.15) is 4.98 Å². The molecule has 1 N–H and O–H groups in total. The molecule has 0 aliphatic rings. The van der Waals surface area contributed by atoms with Crippen molar-refractivity contribution in [3.63, 3.8) is 0 Å². The molecule has 4 rings (SSSR count). The summed E-state index contributed by atoms with van der Waals surface area (Å²) in [5.74, 6) is -0.544. The number of benzene rings is 3. The molecule has 30 heavy (non-hydrogen) atoms. The number of aromatic nitrogens is 1. The smallest absolute Gasteiger partial charge is 0.238 e. The predicted molar refractivity (Wildman–Crippen MR) is 113 cm³/mol. The van der Waals surface area contributed by atoms with Crippen molar-refractivity contribution in [1.29, 1.82) is 0 Å². The van der Waals surface area contributed by atoms with Crippen molar-refractivity contribution in [3.05, 3.63) is 89.2 Å². The summed E-state index contributed by atoms with van der Waals surface area (Å²) in [6.45, 7) is 1.94. The van der Waals surface area contributed by atoms with E-state index in [0.29, 0.717) is 16.3 Å². The van der Waals surface area contributed by atoms with Crippen LogP contribution in [0.15, 0.2) is 87.1 Å². The van der Waals surface area contributed by atoms with Gasteiger partial charge in [-0.1, -0.05) is 41.4 Å². The van der Waals surface area contributed by atoms with E-state index in [1.54, 1.807) is 36.4 Å². The van der Waals surface area contributed by atoms with Gasteiger partial charge < -0.3 is 9.73 Å². The summed E-state index contributed by atoms with van der Waals surface area (Å²) in [4.78, 5) is 4.13. The zero-order valence-electron chi connectivity index (χ0n) is 15.8. The molecule has 4 aromatic rings. The van der Waals surface area contributed by atoms with E-state index in [-0.39, 0.29) is 21.7 Å². The van der Waals surface area contributed by atoms with Crippen LogP contribution in [0.25, 0.3) is 11.5 Å². The van der Waals surface area contributed by atoms with Gasteiger partial charge in [0.25, 0.3) is 0 Å². The Balaban J connectivity index is 1.85. The van der Waals surface area contributed by atoms with Crippen LogP contribution in [0.5, 0.6) is 0 Å². The molecule has 0 unspecified atom stereocenters. The molecule has 0 radical (unpaired) electrons. The number of aryl methyl sites for hydroxylation is 1. The number of nitrogens with one attached hydrogen (secondary N) is 1. The summed E-state index contributed by atoms with van der Waals surface area (Å²) in [6, 6.07) is 18.7. The van der Waals surface area contributed by atoms with E-state index < -0.39 is 15.7 Å². The molecule has 0 aliphatic carbocycles. The maximum atomic E-state index is 13.3. The van der Waals surface area contributed by atoms with Gasteiger partial charge in [0.15, 0.2) is 0 Å². The van der Waals surface area contributed by atoms with Crippen molar-refractivity contribution in [2.75, 3.05) is 5.32 Å². The molecule has 3 aromatic carbocycles.